The van der Waals surface area contributed by atoms with E-state index in [9.17, 15) is 14.0 Å². The van der Waals surface area contributed by atoms with Crippen LogP contribution in [-0.2, 0) is 11.3 Å². The SMILES string of the molecule is O=C(Cn1nnc2ccccc2c1=O)N[C@@H](c1ccc(F)cc1)c1cccs1. The van der Waals surface area contributed by atoms with Crippen LogP contribution in [0.4, 0.5) is 4.39 Å². The third-order valence-electron chi connectivity index (χ3n) is 4.26. The van der Waals surface area contributed by atoms with Crippen LogP contribution in [0.2, 0.25) is 0 Å². The van der Waals surface area contributed by atoms with E-state index < -0.39 is 11.9 Å². The number of carbonyl (C=O) groups is 1. The highest BCUT2D eigenvalue weighted by Gasteiger charge is 2.19. The number of nitrogens with one attached hydrogen (secondary N) is 1. The van der Waals surface area contributed by atoms with E-state index in [1.54, 1.807) is 36.4 Å². The Morgan fingerprint density at radius 2 is 1.89 bits per heavy atom. The summed E-state index contributed by atoms with van der Waals surface area (Å²) >= 11 is 1.48. The van der Waals surface area contributed by atoms with Crippen LogP contribution < -0.4 is 10.9 Å². The van der Waals surface area contributed by atoms with Gasteiger partial charge in [0.25, 0.3) is 5.56 Å². The maximum Gasteiger partial charge on any atom is 0.278 e. The molecule has 0 radical (unpaired) electrons. The van der Waals surface area contributed by atoms with Gasteiger partial charge in [0.2, 0.25) is 5.91 Å². The Balaban J connectivity index is 1.59. The largest absolute Gasteiger partial charge is 0.343 e. The van der Waals surface area contributed by atoms with E-state index in [0.29, 0.717) is 10.9 Å². The van der Waals surface area contributed by atoms with Gasteiger partial charge < -0.3 is 5.32 Å². The van der Waals surface area contributed by atoms with Crippen LogP contribution >= 0.6 is 11.3 Å². The molecular weight excluding hydrogens is 379 g/mol. The molecule has 4 aromatic rings. The number of hydrogen-bond donors (Lipinski definition) is 1. The molecule has 0 aliphatic carbocycles. The molecule has 0 spiro atoms. The lowest BCUT2D eigenvalue weighted by Crippen LogP contribution is -2.36. The number of benzene rings is 2. The van der Waals surface area contributed by atoms with Gasteiger partial charge in [-0.05, 0) is 41.3 Å². The number of halogens is 1. The monoisotopic (exact) mass is 394 g/mol. The lowest BCUT2D eigenvalue weighted by atomic mass is 10.1. The van der Waals surface area contributed by atoms with Crippen molar-refractivity contribution in [2.45, 2.75) is 12.6 Å². The molecule has 2 aromatic carbocycles. The van der Waals surface area contributed by atoms with E-state index in [0.717, 1.165) is 15.1 Å². The number of nitrogens with zero attached hydrogens (tertiary/aromatic N) is 3. The fraction of sp³-hybridized carbons (Fsp3) is 0.100. The molecular formula is C20H15FN4O2S. The molecule has 140 valence electrons. The smallest absolute Gasteiger partial charge is 0.278 e. The minimum absolute atomic E-state index is 0.264. The summed E-state index contributed by atoms with van der Waals surface area (Å²) in [6, 6.07) is 16.1. The minimum Gasteiger partial charge on any atom is -0.343 e. The van der Waals surface area contributed by atoms with Gasteiger partial charge >= 0.3 is 0 Å². The molecule has 1 N–H and O–H groups in total. The Morgan fingerprint density at radius 1 is 1.11 bits per heavy atom. The lowest BCUT2D eigenvalue weighted by Gasteiger charge is -2.18. The lowest BCUT2D eigenvalue weighted by molar-refractivity contribution is -0.122. The highest BCUT2D eigenvalue weighted by molar-refractivity contribution is 7.10. The molecule has 0 saturated carbocycles. The van der Waals surface area contributed by atoms with Crippen LogP contribution in [0.1, 0.15) is 16.5 Å². The van der Waals surface area contributed by atoms with E-state index >= 15 is 0 Å². The Labute approximate surface area is 163 Å². The van der Waals surface area contributed by atoms with Gasteiger partial charge in [-0.1, -0.05) is 35.5 Å². The molecule has 8 heteroatoms. The maximum absolute atomic E-state index is 13.3. The molecule has 28 heavy (non-hydrogen) atoms. The van der Waals surface area contributed by atoms with Crippen LogP contribution in [0.5, 0.6) is 0 Å². The Morgan fingerprint density at radius 3 is 2.64 bits per heavy atom. The number of rotatable bonds is 5. The second-order valence-corrected chi connectivity index (χ2v) is 7.12. The van der Waals surface area contributed by atoms with Crippen molar-refractivity contribution >= 4 is 28.1 Å². The summed E-state index contributed by atoms with van der Waals surface area (Å²) in [5.41, 5.74) is 0.844. The zero-order valence-corrected chi connectivity index (χ0v) is 15.4. The number of hydrogen-bond acceptors (Lipinski definition) is 5. The third-order valence-corrected chi connectivity index (χ3v) is 5.20. The first kappa shape index (κ1) is 18.0. The quantitative estimate of drug-likeness (QED) is 0.565. The molecule has 1 amide bonds. The van der Waals surface area contributed by atoms with Crippen molar-refractivity contribution in [3.8, 4) is 0 Å². The van der Waals surface area contributed by atoms with Crippen molar-refractivity contribution in [1.82, 2.24) is 20.3 Å². The summed E-state index contributed by atoms with van der Waals surface area (Å²) in [7, 11) is 0. The van der Waals surface area contributed by atoms with E-state index in [1.807, 2.05) is 17.5 Å². The van der Waals surface area contributed by atoms with Gasteiger partial charge in [-0.25, -0.2) is 9.07 Å². The van der Waals surface area contributed by atoms with Gasteiger partial charge in [0.15, 0.2) is 0 Å². The molecule has 0 saturated heterocycles. The summed E-state index contributed by atoms with van der Waals surface area (Å²) < 4.78 is 14.3. The molecule has 0 aliphatic heterocycles. The summed E-state index contributed by atoms with van der Waals surface area (Å²) in [4.78, 5) is 26.1. The summed E-state index contributed by atoms with van der Waals surface area (Å²) in [5.74, 6) is -0.743. The summed E-state index contributed by atoms with van der Waals surface area (Å²) in [6.07, 6.45) is 0. The highest BCUT2D eigenvalue weighted by atomic mass is 32.1. The predicted molar refractivity (Wildman–Crippen MR) is 105 cm³/mol. The maximum atomic E-state index is 13.3. The van der Waals surface area contributed by atoms with Crippen molar-refractivity contribution < 1.29 is 9.18 Å². The highest BCUT2D eigenvalue weighted by Crippen LogP contribution is 2.26. The fourth-order valence-corrected chi connectivity index (χ4v) is 3.70. The zero-order valence-electron chi connectivity index (χ0n) is 14.6. The Bertz CT molecular complexity index is 1170. The second-order valence-electron chi connectivity index (χ2n) is 6.14. The van der Waals surface area contributed by atoms with Crippen LogP contribution in [-0.4, -0.2) is 20.9 Å². The average Bonchev–Trinajstić information content (AvgIpc) is 3.24. The van der Waals surface area contributed by atoms with E-state index in [1.165, 1.54) is 23.5 Å². The molecule has 0 aliphatic rings. The van der Waals surface area contributed by atoms with Gasteiger partial charge in [0, 0.05) is 4.88 Å². The summed E-state index contributed by atoms with van der Waals surface area (Å²) in [5, 5.41) is 13.0. The molecule has 0 fully saturated rings. The first-order chi connectivity index (χ1) is 13.6. The van der Waals surface area contributed by atoms with Crippen molar-refractivity contribution in [3.63, 3.8) is 0 Å². The van der Waals surface area contributed by atoms with Gasteiger partial charge in [-0.3, -0.25) is 9.59 Å². The van der Waals surface area contributed by atoms with E-state index in [2.05, 4.69) is 15.6 Å². The van der Waals surface area contributed by atoms with Gasteiger partial charge in [0.05, 0.1) is 11.4 Å². The molecule has 1 atom stereocenters. The van der Waals surface area contributed by atoms with Gasteiger partial charge in [-0.2, -0.15) is 0 Å². The number of thiophene rings is 1. The van der Waals surface area contributed by atoms with Crippen molar-refractivity contribution in [3.05, 3.63) is 92.7 Å². The minimum atomic E-state index is -0.447. The number of amides is 1. The predicted octanol–water partition coefficient (Wildman–Crippen LogP) is 2.90. The molecule has 0 bridgehead atoms. The molecule has 4 rings (SSSR count). The van der Waals surface area contributed by atoms with Crippen molar-refractivity contribution in [1.29, 1.82) is 0 Å². The molecule has 0 unspecified atom stereocenters. The standard InChI is InChI=1S/C20H15FN4O2S/c21-14-9-7-13(8-10-14)19(17-6-3-11-28-17)22-18(26)12-25-20(27)15-4-1-2-5-16(15)23-24-25/h1-11,19H,12H2,(H,22,26)/t19-/m0/s1. The second kappa shape index (κ2) is 7.69. The normalized spacial score (nSPS) is 12.0. The van der Waals surface area contributed by atoms with Gasteiger partial charge in [-0.15, -0.1) is 16.4 Å². The topological polar surface area (TPSA) is 76.9 Å². The van der Waals surface area contributed by atoms with Crippen LogP contribution in [0.25, 0.3) is 10.9 Å². The zero-order chi connectivity index (χ0) is 19.5. The number of fused-ring (bicyclic) bond motifs is 1. The summed E-state index contributed by atoms with van der Waals surface area (Å²) in [6.45, 7) is -0.264. The molecule has 2 aromatic heterocycles. The molecule has 2 heterocycles. The van der Waals surface area contributed by atoms with Crippen LogP contribution in [0, 0.1) is 5.82 Å². The fourth-order valence-electron chi connectivity index (χ4n) is 2.90. The first-order valence-electron chi connectivity index (χ1n) is 8.52. The average molecular weight is 394 g/mol. The van der Waals surface area contributed by atoms with Crippen molar-refractivity contribution in [2.24, 2.45) is 0 Å². The molecule has 6 nitrogen and oxygen atoms in total. The Hall–Kier alpha value is -3.39. The van der Waals surface area contributed by atoms with Crippen molar-refractivity contribution in [2.75, 3.05) is 0 Å². The third kappa shape index (κ3) is 3.67. The number of carbonyl (C=O) groups excluding carboxylic acids is 1. The Kier molecular flexibility index (Phi) is 4.94. The van der Waals surface area contributed by atoms with Crippen LogP contribution in [0.15, 0.2) is 70.8 Å². The van der Waals surface area contributed by atoms with Crippen LogP contribution in [0.3, 0.4) is 0 Å². The first-order valence-corrected chi connectivity index (χ1v) is 9.40. The number of aromatic nitrogens is 3. The van der Waals surface area contributed by atoms with E-state index in [-0.39, 0.29) is 17.9 Å². The van der Waals surface area contributed by atoms with Gasteiger partial charge in [0.1, 0.15) is 17.9 Å². The van der Waals surface area contributed by atoms with E-state index in [4.69, 9.17) is 0 Å².